The van der Waals surface area contributed by atoms with E-state index in [1.165, 1.54) is 0 Å². The van der Waals surface area contributed by atoms with Gasteiger partial charge in [0.25, 0.3) is 0 Å². The van der Waals surface area contributed by atoms with E-state index in [0.717, 1.165) is 10.0 Å². The number of carbonyl (C=O) groups is 1. The van der Waals surface area contributed by atoms with Gasteiger partial charge in [0.2, 0.25) is 5.78 Å². The van der Waals surface area contributed by atoms with Crippen LogP contribution in [0, 0.1) is 6.92 Å². The van der Waals surface area contributed by atoms with Crippen molar-refractivity contribution in [2.75, 3.05) is 0 Å². The van der Waals surface area contributed by atoms with Crippen molar-refractivity contribution in [3.05, 3.63) is 64.1 Å². The van der Waals surface area contributed by atoms with Gasteiger partial charge in [-0.25, -0.2) is 0 Å². The Kier molecular flexibility index (Phi) is 4.38. The number of Topliss-reactive ketones (excluding diaryl/α,β-unsaturated/α-hetero) is 1. The maximum absolute atomic E-state index is 12.2. The minimum Gasteiger partial charge on any atom is -0.483 e. The summed E-state index contributed by atoms with van der Waals surface area (Å²) >= 11 is 3.38. The minimum absolute atomic E-state index is 0.0139. The molecule has 2 aromatic rings. The lowest BCUT2D eigenvalue weighted by atomic mass is 10.1. The zero-order chi connectivity index (χ0) is 13.8. The molecule has 2 rings (SSSR count). The molecule has 0 aliphatic heterocycles. The first kappa shape index (κ1) is 13.8. The summed E-state index contributed by atoms with van der Waals surface area (Å²) in [7, 11) is 0. The van der Waals surface area contributed by atoms with Crippen molar-refractivity contribution in [3.63, 3.8) is 0 Å². The SMILES string of the molecule is Cc1ccc(C(=O)[C@@H](C)Oc2cccc(Br)c2)cc1. The van der Waals surface area contributed by atoms with Crippen LogP contribution in [0.15, 0.2) is 53.0 Å². The number of carbonyl (C=O) groups excluding carboxylic acids is 1. The van der Waals surface area contributed by atoms with E-state index < -0.39 is 6.10 Å². The van der Waals surface area contributed by atoms with Crippen LogP contribution in [0.5, 0.6) is 5.75 Å². The lowest BCUT2D eigenvalue weighted by Gasteiger charge is -2.14. The molecule has 0 spiro atoms. The maximum Gasteiger partial charge on any atom is 0.202 e. The quantitative estimate of drug-likeness (QED) is 0.781. The van der Waals surface area contributed by atoms with Gasteiger partial charge in [0.1, 0.15) is 5.75 Å². The van der Waals surface area contributed by atoms with Gasteiger partial charge in [-0.15, -0.1) is 0 Å². The average Bonchev–Trinajstić information content (AvgIpc) is 2.39. The van der Waals surface area contributed by atoms with E-state index in [4.69, 9.17) is 4.74 Å². The predicted molar refractivity (Wildman–Crippen MR) is 79.7 cm³/mol. The summed E-state index contributed by atoms with van der Waals surface area (Å²) in [5.41, 5.74) is 1.81. The van der Waals surface area contributed by atoms with Crippen molar-refractivity contribution in [1.29, 1.82) is 0 Å². The van der Waals surface area contributed by atoms with Gasteiger partial charge in [-0.05, 0) is 32.0 Å². The molecule has 0 N–H and O–H groups in total. The zero-order valence-corrected chi connectivity index (χ0v) is 12.5. The van der Waals surface area contributed by atoms with Gasteiger partial charge >= 0.3 is 0 Å². The van der Waals surface area contributed by atoms with E-state index in [1.54, 1.807) is 6.92 Å². The Morgan fingerprint density at radius 3 is 2.47 bits per heavy atom. The number of ether oxygens (including phenoxy) is 1. The van der Waals surface area contributed by atoms with Crippen molar-refractivity contribution in [2.24, 2.45) is 0 Å². The fraction of sp³-hybridized carbons (Fsp3) is 0.188. The molecule has 0 unspecified atom stereocenters. The molecule has 0 aliphatic carbocycles. The van der Waals surface area contributed by atoms with Crippen molar-refractivity contribution in [1.82, 2.24) is 0 Å². The minimum atomic E-state index is -0.503. The number of hydrogen-bond donors (Lipinski definition) is 0. The van der Waals surface area contributed by atoms with Crippen LogP contribution in [0.1, 0.15) is 22.8 Å². The van der Waals surface area contributed by atoms with E-state index in [9.17, 15) is 4.79 Å². The molecule has 0 radical (unpaired) electrons. The first-order valence-corrected chi connectivity index (χ1v) is 6.88. The molecule has 2 nitrogen and oxygen atoms in total. The highest BCUT2D eigenvalue weighted by Gasteiger charge is 2.16. The third-order valence-electron chi connectivity index (χ3n) is 2.81. The number of benzene rings is 2. The molecule has 3 heteroatoms. The maximum atomic E-state index is 12.2. The third kappa shape index (κ3) is 3.67. The molecule has 1 atom stereocenters. The molecule has 0 saturated heterocycles. The van der Waals surface area contributed by atoms with Crippen molar-refractivity contribution in [2.45, 2.75) is 20.0 Å². The molecular weight excluding hydrogens is 304 g/mol. The van der Waals surface area contributed by atoms with E-state index in [1.807, 2.05) is 55.5 Å². The molecule has 0 bridgehead atoms. The lowest BCUT2D eigenvalue weighted by molar-refractivity contribution is 0.0818. The lowest BCUT2D eigenvalue weighted by Crippen LogP contribution is -2.23. The number of aryl methyl sites for hydroxylation is 1. The van der Waals surface area contributed by atoms with E-state index in [2.05, 4.69) is 15.9 Å². The Hall–Kier alpha value is -1.61. The van der Waals surface area contributed by atoms with Crippen LogP contribution in [-0.2, 0) is 0 Å². The highest BCUT2D eigenvalue weighted by atomic mass is 79.9. The zero-order valence-electron chi connectivity index (χ0n) is 10.9. The molecule has 0 heterocycles. The van der Waals surface area contributed by atoms with Gasteiger partial charge in [0.05, 0.1) is 0 Å². The van der Waals surface area contributed by atoms with Crippen LogP contribution in [0.3, 0.4) is 0 Å². The normalized spacial score (nSPS) is 11.9. The standard InChI is InChI=1S/C16H15BrO2/c1-11-6-8-13(9-7-11)16(18)12(2)19-15-5-3-4-14(17)10-15/h3-10,12H,1-2H3/t12-/m1/s1. The molecule has 2 aromatic carbocycles. The second-order valence-corrected chi connectivity index (χ2v) is 5.36. The first-order valence-electron chi connectivity index (χ1n) is 6.09. The topological polar surface area (TPSA) is 26.3 Å². The molecule has 19 heavy (non-hydrogen) atoms. The second kappa shape index (κ2) is 6.02. The molecule has 0 amide bonds. The number of ketones is 1. The third-order valence-corrected chi connectivity index (χ3v) is 3.31. The van der Waals surface area contributed by atoms with Crippen LogP contribution >= 0.6 is 15.9 Å². The van der Waals surface area contributed by atoms with Crippen LogP contribution in [0.4, 0.5) is 0 Å². The van der Waals surface area contributed by atoms with Gasteiger partial charge < -0.3 is 4.74 Å². The van der Waals surface area contributed by atoms with E-state index >= 15 is 0 Å². The van der Waals surface area contributed by atoms with Crippen LogP contribution in [0.2, 0.25) is 0 Å². The monoisotopic (exact) mass is 318 g/mol. The van der Waals surface area contributed by atoms with Crippen molar-refractivity contribution in [3.8, 4) is 5.75 Å². The van der Waals surface area contributed by atoms with E-state index in [0.29, 0.717) is 11.3 Å². The van der Waals surface area contributed by atoms with Crippen molar-refractivity contribution >= 4 is 21.7 Å². The van der Waals surface area contributed by atoms with Gasteiger partial charge in [-0.1, -0.05) is 51.8 Å². The fourth-order valence-corrected chi connectivity index (χ4v) is 2.13. The summed E-state index contributed by atoms with van der Waals surface area (Å²) in [6.07, 6.45) is -0.503. The molecule has 0 aromatic heterocycles. The summed E-state index contributed by atoms with van der Waals surface area (Å²) in [6.45, 7) is 3.76. The smallest absolute Gasteiger partial charge is 0.202 e. The molecular formula is C16H15BrO2. The van der Waals surface area contributed by atoms with Gasteiger partial charge in [0.15, 0.2) is 6.10 Å². The summed E-state index contributed by atoms with van der Waals surface area (Å²) in [6, 6.07) is 15.0. The van der Waals surface area contributed by atoms with Crippen LogP contribution < -0.4 is 4.74 Å². The number of halogens is 1. The Balaban J connectivity index is 2.09. The largest absolute Gasteiger partial charge is 0.483 e. The second-order valence-electron chi connectivity index (χ2n) is 4.45. The summed E-state index contributed by atoms with van der Waals surface area (Å²) in [5.74, 6) is 0.669. The van der Waals surface area contributed by atoms with E-state index in [-0.39, 0.29) is 5.78 Å². The summed E-state index contributed by atoms with van der Waals surface area (Å²) in [4.78, 5) is 12.2. The molecule has 0 saturated carbocycles. The van der Waals surface area contributed by atoms with Gasteiger partial charge in [-0.2, -0.15) is 0 Å². The Labute approximate surface area is 121 Å². The first-order chi connectivity index (χ1) is 9.06. The van der Waals surface area contributed by atoms with Gasteiger partial charge in [0, 0.05) is 10.0 Å². The molecule has 0 aliphatic rings. The molecule has 0 fully saturated rings. The highest BCUT2D eigenvalue weighted by molar-refractivity contribution is 9.10. The number of hydrogen-bond acceptors (Lipinski definition) is 2. The fourth-order valence-electron chi connectivity index (χ4n) is 1.75. The van der Waals surface area contributed by atoms with Crippen molar-refractivity contribution < 1.29 is 9.53 Å². The van der Waals surface area contributed by atoms with Gasteiger partial charge in [-0.3, -0.25) is 4.79 Å². The summed E-state index contributed by atoms with van der Waals surface area (Å²) in [5, 5.41) is 0. The van der Waals surface area contributed by atoms with Crippen LogP contribution in [-0.4, -0.2) is 11.9 Å². The summed E-state index contributed by atoms with van der Waals surface area (Å²) < 4.78 is 6.59. The van der Waals surface area contributed by atoms with Crippen LogP contribution in [0.25, 0.3) is 0 Å². The highest BCUT2D eigenvalue weighted by Crippen LogP contribution is 2.20. The predicted octanol–water partition coefficient (Wildman–Crippen LogP) is 4.41. The average molecular weight is 319 g/mol. The Bertz CT molecular complexity index is 576. The Morgan fingerprint density at radius 1 is 1.16 bits per heavy atom. The Morgan fingerprint density at radius 2 is 1.84 bits per heavy atom. The number of rotatable bonds is 4. The molecule has 98 valence electrons.